The Labute approximate surface area is 125 Å². The van der Waals surface area contributed by atoms with Crippen molar-refractivity contribution in [3.63, 3.8) is 0 Å². The van der Waals surface area contributed by atoms with Gasteiger partial charge in [0, 0.05) is 17.9 Å². The summed E-state index contributed by atoms with van der Waals surface area (Å²) in [5, 5.41) is 0.137. The largest absolute Gasteiger partial charge is 0.323 e. The van der Waals surface area contributed by atoms with E-state index in [1.807, 2.05) is 11.8 Å². The topological polar surface area (TPSA) is 17.8 Å². The van der Waals surface area contributed by atoms with Crippen LogP contribution >= 0.6 is 35.0 Å². The number of rotatable bonds is 2. The smallest absolute Gasteiger partial charge is 0.144 e. The van der Waals surface area contributed by atoms with E-state index in [0.717, 1.165) is 23.5 Å². The van der Waals surface area contributed by atoms with Crippen LogP contribution in [-0.4, -0.2) is 21.1 Å². The van der Waals surface area contributed by atoms with Crippen molar-refractivity contribution >= 4 is 46.0 Å². The molecule has 1 aliphatic heterocycles. The average molecular weight is 319 g/mol. The van der Waals surface area contributed by atoms with Gasteiger partial charge < -0.3 is 4.57 Å². The highest BCUT2D eigenvalue weighted by atomic mass is 35.5. The summed E-state index contributed by atoms with van der Waals surface area (Å²) in [6.45, 7) is 0. The van der Waals surface area contributed by atoms with Gasteiger partial charge in [-0.3, -0.25) is 0 Å². The first-order valence-electron chi connectivity index (χ1n) is 6.20. The summed E-state index contributed by atoms with van der Waals surface area (Å²) in [7, 11) is 0. The van der Waals surface area contributed by atoms with E-state index >= 15 is 0 Å². The first-order valence-corrected chi connectivity index (χ1v) is 8.27. The molecule has 1 fully saturated rings. The standard InChI is InChI=1S/C13H13Cl2FN2S/c14-6-13-17-11-5-10(16)9(15)4-12(11)18(13)8-2-1-3-19-7-8/h4-5,8H,1-3,6-7H2. The average Bonchev–Trinajstić information content (AvgIpc) is 2.78. The van der Waals surface area contributed by atoms with Gasteiger partial charge in [-0.15, -0.1) is 11.6 Å². The molecular weight excluding hydrogens is 306 g/mol. The van der Waals surface area contributed by atoms with Crippen LogP contribution in [0, 0.1) is 5.82 Å². The Bertz CT molecular complexity index is 608. The van der Waals surface area contributed by atoms with Crippen molar-refractivity contribution in [1.29, 1.82) is 0 Å². The predicted octanol–water partition coefficient (Wildman–Crippen LogP) is 4.64. The number of fused-ring (bicyclic) bond motifs is 1. The summed E-state index contributed by atoms with van der Waals surface area (Å²) in [6, 6.07) is 3.42. The molecule has 1 aromatic heterocycles. The number of halogens is 3. The van der Waals surface area contributed by atoms with E-state index in [9.17, 15) is 4.39 Å². The lowest BCUT2D eigenvalue weighted by atomic mass is 10.1. The summed E-state index contributed by atoms with van der Waals surface area (Å²) in [5.41, 5.74) is 1.52. The molecule has 2 aromatic rings. The van der Waals surface area contributed by atoms with Gasteiger partial charge in [-0.25, -0.2) is 9.37 Å². The Morgan fingerprint density at radius 1 is 1.47 bits per heavy atom. The van der Waals surface area contributed by atoms with Gasteiger partial charge in [-0.05, 0) is 24.7 Å². The van der Waals surface area contributed by atoms with Gasteiger partial charge in [0.2, 0.25) is 0 Å². The second-order valence-corrected chi connectivity index (χ2v) is 6.48. The maximum absolute atomic E-state index is 13.5. The number of benzene rings is 1. The molecule has 1 atom stereocenters. The van der Waals surface area contributed by atoms with E-state index < -0.39 is 5.82 Å². The zero-order valence-electron chi connectivity index (χ0n) is 10.2. The second-order valence-electron chi connectivity index (χ2n) is 4.66. The number of hydrogen-bond acceptors (Lipinski definition) is 2. The summed E-state index contributed by atoms with van der Waals surface area (Å²) in [5.74, 6) is 2.94. The number of imidazole rings is 1. The maximum atomic E-state index is 13.5. The van der Waals surface area contributed by atoms with E-state index in [1.54, 1.807) is 6.07 Å². The van der Waals surface area contributed by atoms with Crippen LogP contribution < -0.4 is 0 Å². The number of nitrogens with zero attached hydrogens (tertiary/aromatic N) is 2. The van der Waals surface area contributed by atoms with E-state index in [4.69, 9.17) is 23.2 Å². The van der Waals surface area contributed by atoms with Crippen LogP contribution in [0.4, 0.5) is 4.39 Å². The Kier molecular flexibility index (Phi) is 3.92. The highest BCUT2D eigenvalue weighted by molar-refractivity contribution is 7.99. The first-order chi connectivity index (χ1) is 9.20. The van der Waals surface area contributed by atoms with E-state index in [0.29, 0.717) is 17.4 Å². The Balaban J connectivity index is 2.16. The van der Waals surface area contributed by atoms with E-state index in [1.165, 1.54) is 18.2 Å². The minimum absolute atomic E-state index is 0.137. The van der Waals surface area contributed by atoms with Gasteiger partial charge in [0.05, 0.1) is 21.9 Å². The molecule has 0 radical (unpaired) electrons. The van der Waals surface area contributed by atoms with Crippen molar-refractivity contribution in [2.45, 2.75) is 24.8 Å². The molecule has 1 unspecified atom stereocenters. The van der Waals surface area contributed by atoms with Crippen LogP contribution in [0.3, 0.4) is 0 Å². The molecule has 0 N–H and O–H groups in total. The molecule has 0 amide bonds. The molecule has 102 valence electrons. The van der Waals surface area contributed by atoms with Gasteiger partial charge in [0.15, 0.2) is 0 Å². The van der Waals surface area contributed by atoms with Crippen molar-refractivity contribution in [2.75, 3.05) is 11.5 Å². The first kappa shape index (κ1) is 13.5. The molecule has 0 aliphatic carbocycles. The third-order valence-electron chi connectivity index (χ3n) is 3.43. The summed E-state index contributed by atoms with van der Waals surface area (Å²) in [6.07, 6.45) is 2.29. The Morgan fingerprint density at radius 3 is 3.00 bits per heavy atom. The quantitative estimate of drug-likeness (QED) is 0.751. The molecule has 1 aliphatic rings. The van der Waals surface area contributed by atoms with Gasteiger partial charge >= 0.3 is 0 Å². The highest BCUT2D eigenvalue weighted by Crippen LogP contribution is 2.33. The van der Waals surface area contributed by atoms with Crippen LogP contribution in [0.1, 0.15) is 24.7 Å². The van der Waals surface area contributed by atoms with Crippen molar-refractivity contribution in [1.82, 2.24) is 9.55 Å². The Hall–Kier alpha value is -0.450. The molecule has 0 spiro atoms. The number of alkyl halides is 1. The van der Waals surface area contributed by atoms with E-state index in [-0.39, 0.29) is 5.02 Å². The zero-order chi connectivity index (χ0) is 13.4. The number of aromatic nitrogens is 2. The van der Waals surface area contributed by atoms with Gasteiger partial charge in [0.1, 0.15) is 11.6 Å². The lowest BCUT2D eigenvalue weighted by Gasteiger charge is -2.25. The van der Waals surface area contributed by atoms with Crippen LogP contribution in [0.2, 0.25) is 5.02 Å². The van der Waals surface area contributed by atoms with Gasteiger partial charge in [-0.1, -0.05) is 11.6 Å². The second kappa shape index (κ2) is 5.51. The summed E-state index contributed by atoms with van der Waals surface area (Å²) < 4.78 is 15.7. The fourth-order valence-corrected chi connectivity index (χ4v) is 4.04. The van der Waals surface area contributed by atoms with Crippen LogP contribution in [0.25, 0.3) is 11.0 Å². The minimum atomic E-state index is -0.432. The van der Waals surface area contributed by atoms with Crippen LogP contribution in [0.15, 0.2) is 12.1 Å². The van der Waals surface area contributed by atoms with E-state index in [2.05, 4.69) is 9.55 Å². The van der Waals surface area contributed by atoms with Gasteiger partial charge in [0.25, 0.3) is 0 Å². The number of hydrogen-bond donors (Lipinski definition) is 0. The predicted molar refractivity (Wildman–Crippen MR) is 79.9 cm³/mol. The zero-order valence-corrected chi connectivity index (χ0v) is 12.5. The summed E-state index contributed by atoms with van der Waals surface area (Å²) >= 11 is 13.8. The van der Waals surface area contributed by atoms with Crippen molar-refractivity contribution < 1.29 is 4.39 Å². The molecule has 1 saturated heterocycles. The van der Waals surface area contributed by atoms with Crippen molar-refractivity contribution in [3.05, 3.63) is 28.8 Å². The fraction of sp³-hybridized carbons (Fsp3) is 0.462. The molecule has 3 rings (SSSR count). The number of thioether (sulfide) groups is 1. The Morgan fingerprint density at radius 2 is 2.32 bits per heavy atom. The van der Waals surface area contributed by atoms with Crippen LogP contribution in [0.5, 0.6) is 0 Å². The molecule has 6 heteroatoms. The third kappa shape index (κ3) is 2.46. The SMILES string of the molecule is Fc1cc2nc(CCl)n(C3CCCSC3)c2cc1Cl. The maximum Gasteiger partial charge on any atom is 0.144 e. The normalized spacial score (nSPS) is 20.1. The minimum Gasteiger partial charge on any atom is -0.323 e. The fourth-order valence-electron chi connectivity index (χ4n) is 2.57. The summed E-state index contributed by atoms with van der Waals surface area (Å²) in [4.78, 5) is 4.43. The van der Waals surface area contributed by atoms with Crippen molar-refractivity contribution in [2.24, 2.45) is 0 Å². The molecule has 0 saturated carbocycles. The monoisotopic (exact) mass is 318 g/mol. The molecule has 2 heterocycles. The molecule has 0 bridgehead atoms. The lowest BCUT2D eigenvalue weighted by Crippen LogP contribution is -2.18. The third-order valence-corrected chi connectivity index (χ3v) is 5.15. The van der Waals surface area contributed by atoms with Gasteiger partial charge in [-0.2, -0.15) is 11.8 Å². The molecule has 1 aromatic carbocycles. The van der Waals surface area contributed by atoms with Crippen LogP contribution in [-0.2, 0) is 5.88 Å². The van der Waals surface area contributed by atoms with Crippen molar-refractivity contribution in [3.8, 4) is 0 Å². The molecule has 2 nitrogen and oxygen atoms in total. The highest BCUT2D eigenvalue weighted by Gasteiger charge is 2.22. The molecule has 19 heavy (non-hydrogen) atoms. The molecular formula is C13H13Cl2FN2S. The lowest BCUT2D eigenvalue weighted by molar-refractivity contribution is 0.499.